The van der Waals surface area contributed by atoms with Gasteiger partial charge in [-0.25, -0.2) is 0 Å². The SMILES string of the molecule is CCCC1CNC(C)(C2CC2)CN1CCCSC. The molecule has 1 aliphatic carbocycles. The summed E-state index contributed by atoms with van der Waals surface area (Å²) in [6.07, 6.45) is 9.12. The Labute approximate surface area is 117 Å². The molecule has 0 bridgehead atoms. The van der Waals surface area contributed by atoms with Gasteiger partial charge < -0.3 is 5.32 Å². The first-order valence-corrected chi connectivity index (χ1v) is 9.07. The zero-order chi connectivity index (χ0) is 13.0. The Bertz CT molecular complexity index is 255. The summed E-state index contributed by atoms with van der Waals surface area (Å²) in [4.78, 5) is 2.79. The maximum atomic E-state index is 3.87. The lowest BCUT2D eigenvalue weighted by molar-refractivity contribution is 0.0706. The van der Waals surface area contributed by atoms with Crippen LogP contribution in [-0.2, 0) is 0 Å². The van der Waals surface area contributed by atoms with Crippen molar-refractivity contribution < 1.29 is 0 Å². The fourth-order valence-electron chi connectivity index (χ4n) is 3.37. The molecule has 0 aromatic heterocycles. The van der Waals surface area contributed by atoms with Gasteiger partial charge in [-0.05, 0) is 57.1 Å². The first-order valence-electron chi connectivity index (χ1n) is 7.67. The smallest absolute Gasteiger partial charge is 0.0309 e. The van der Waals surface area contributed by atoms with E-state index in [2.05, 4.69) is 30.3 Å². The Kier molecular flexibility index (Phi) is 5.40. The van der Waals surface area contributed by atoms with Crippen LogP contribution in [0, 0.1) is 5.92 Å². The lowest BCUT2D eigenvalue weighted by Gasteiger charge is -2.47. The lowest BCUT2D eigenvalue weighted by Crippen LogP contribution is -2.64. The Hall–Kier alpha value is 0.270. The molecule has 1 saturated heterocycles. The van der Waals surface area contributed by atoms with Crippen molar-refractivity contribution in [2.24, 2.45) is 5.92 Å². The number of nitrogens with zero attached hydrogens (tertiary/aromatic N) is 1. The highest BCUT2D eigenvalue weighted by molar-refractivity contribution is 7.98. The number of hydrogen-bond donors (Lipinski definition) is 1. The Morgan fingerprint density at radius 3 is 2.78 bits per heavy atom. The molecular weight excluding hydrogens is 240 g/mol. The summed E-state index contributed by atoms with van der Waals surface area (Å²) < 4.78 is 0. The molecule has 18 heavy (non-hydrogen) atoms. The van der Waals surface area contributed by atoms with Crippen molar-refractivity contribution >= 4 is 11.8 Å². The van der Waals surface area contributed by atoms with Gasteiger partial charge in [0, 0.05) is 24.7 Å². The quantitative estimate of drug-likeness (QED) is 0.716. The van der Waals surface area contributed by atoms with Gasteiger partial charge in [0.25, 0.3) is 0 Å². The Balaban J connectivity index is 1.89. The third-order valence-electron chi connectivity index (χ3n) is 4.68. The zero-order valence-corrected chi connectivity index (χ0v) is 13.2. The molecule has 1 aliphatic heterocycles. The third-order valence-corrected chi connectivity index (χ3v) is 5.38. The summed E-state index contributed by atoms with van der Waals surface area (Å²) in [7, 11) is 0. The van der Waals surface area contributed by atoms with E-state index in [0.717, 1.165) is 12.0 Å². The van der Waals surface area contributed by atoms with E-state index in [-0.39, 0.29) is 0 Å². The van der Waals surface area contributed by atoms with Crippen LogP contribution in [0.5, 0.6) is 0 Å². The minimum atomic E-state index is 0.406. The van der Waals surface area contributed by atoms with E-state index < -0.39 is 0 Å². The average molecular weight is 270 g/mol. The van der Waals surface area contributed by atoms with Crippen LogP contribution in [0.15, 0.2) is 0 Å². The van der Waals surface area contributed by atoms with Gasteiger partial charge in [0.15, 0.2) is 0 Å². The first-order chi connectivity index (χ1) is 8.69. The van der Waals surface area contributed by atoms with Crippen LogP contribution in [0.2, 0.25) is 0 Å². The van der Waals surface area contributed by atoms with Gasteiger partial charge in [-0.3, -0.25) is 4.90 Å². The van der Waals surface area contributed by atoms with E-state index >= 15 is 0 Å². The predicted molar refractivity (Wildman–Crippen MR) is 82.4 cm³/mol. The Morgan fingerprint density at radius 1 is 1.39 bits per heavy atom. The standard InChI is InChI=1S/C15H30N2S/c1-4-6-14-11-16-15(2,13-7-8-13)12-17(14)9-5-10-18-3/h13-14,16H,4-12H2,1-3H3. The van der Waals surface area contributed by atoms with E-state index in [1.54, 1.807) is 0 Å². The van der Waals surface area contributed by atoms with Crippen molar-refractivity contribution in [3.05, 3.63) is 0 Å². The minimum absolute atomic E-state index is 0.406. The van der Waals surface area contributed by atoms with Crippen molar-refractivity contribution in [2.45, 2.75) is 57.5 Å². The molecule has 1 N–H and O–H groups in total. The molecule has 0 radical (unpaired) electrons. The molecule has 2 nitrogen and oxygen atoms in total. The summed E-state index contributed by atoms with van der Waals surface area (Å²) in [5.41, 5.74) is 0.406. The van der Waals surface area contributed by atoms with Gasteiger partial charge in [0.05, 0.1) is 0 Å². The summed E-state index contributed by atoms with van der Waals surface area (Å²) >= 11 is 1.98. The van der Waals surface area contributed by atoms with Crippen molar-refractivity contribution in [1.29, 1.82) is 0 Å². The van der Waals surface area contributed by atoms with E-state index in [1.807, 2.05) is 11.8 Å². The molecule has 3 heteroatoms. The van der Waals surface area contributed by atoms with Crippen LogP contribution in [0.3, 0.4) is 0 Å². The number of nitrogens with one attached hydrogen (secondary N) is 1. The fourth-order valence-corrected chi connectivity index (χ4v) is 3.79. The van der Waals surface area contributed by atoms with Crippen LogP contribution >= 0.6 is 11.8 Å². The molecule has 1 saturated carbocycles. The van der Waals surface area contributed by atoms with E-state index in [4.69, 9.17) is 0 Å². The summed E-state index contributed by atoms with van der Waals surface area (Å²) in [5, 5.41) is 3.87. The van der Waals surface area contributed by atoms with Gasteiger partial charge in [0.2, 0.25) is 0 Å². The number of hydrogen-bond acceptors (Lipinski definition) is 3. The average Bonchev–Trinajstić information content (AvgIpc) is 3.18. The molecular formula is C15H30N2S. The third kappa shape index (κ3) is 3.64. The van der Waals surface area contributed by atoms with Crippen LogP contribution in [0.1, 0.15) is 46.0 Å². The molecule has 106 valence electrons. The molecule has 0 aromatic carbocycles. The van der Waals surface area contributed by atoms with Gasteiger partial charge in [-0.15, -0.1) is 0 Å². The molecule has 0 spiro atoms. The van der Waals surface area contributed by atoms with Gasteiger partial charge in [-0.2, -0.15) is 11.8 Å². The van der Waals surface area contributed by atoms with E-state index in [0.29, 0.717) is 5.54 Å². The second-order valence-electron chi connectivity index (χ2n) is 6.33. The molecule has 0 amide bonds. The first kappa shape index (κ1) is 14.7. The molecule has 2 rings (SSSR count). The minimum Gasteiger partial charge on any atom is -0.308 e. The van der Waals surface area contributed by atoms with Gasteiger partial charge >= 0.3 is 0 Å². The van der Waals surface area contributed by atoms with E-state index in [1.165, 1.54) is 57.5 Å². The van der Waals surface area contributed by atoms with Gasteiger partial charge in [0.1, 0.15) is 0 Å². The number of rotatable bonds is 7. The topological polar surface area (TPSA) is 15.3 Å². The maximum absolute atomic E-state index is 3.87. The van der Waals surface area contributed by atoms with Crippen LogP contribution in [0.25, 0.3) is 0 Å². The van der Waals surface area contributed by atoms with Crippen LogP contribution < -0.4 is 5.32 Å². The lowest BCUT2D eigenvalue weighted by atomic mass is 9.90. The second kappa shape index (κ2) is 6.62. The highest BCUT2D eigenvalue weighted by atomic mass is 32.2. The molecule has 0 aromatic rings. The number of piperazine rings is 1. The van der Waals surface area contributed by atoms with Crippen molar-refractivity contribution in [3.63, 3.8) is 0 Å². The molecule has 1 heterocycles. The maximum Gasteiger partial charge on any atom is 0.0309 e. The van der Waals surface area contributed by atoms with Crippen molar-refractivity contribution in [2.75, 3.05) is 31.6 Å². The zero-order valence-electron chi connectivity index (χ0n) is 12.4. The molecule has 2 unspecified atom stereocenters. The monoisotopic (exact) mass is 270 g/mol. The summed E-state index contributed by atoms with van der Waals surface area (Å²) in [5.74, 6) is 2.26. The summed E-state index contributed by atoms with van der Waals surface area (Å²) in [6, 6.07) is 0.781. The predicted octanol–water partition coefficient (Wildman–Crippen LogP) is 2.98. The fraction of sp³-hybridized carbons (Fsp3) is 1.00. The molecule has 2 aliphatic rings. The van der Waals surface area contributed by atoms with E-state index in [9.17, 15) is 0 Å². The highest BCUT2D eigenvalue weighted by Crippen LogP contribution is 2.41. The second-order valence-corrected chi connectivity index (χ2v) is 7.32. The largest absolute Gasteiger partial charge is 0.308 e. The normalized spacial score (nSPS) is 33.8. The molecule has 2 atom stereocenters. The summed E-state index contributed by atoms with van der Waals surface area (Å²) in [6.45, 7) is 8.55. The number of thioether (sulfide) groups is 1. The van der Waals surface area contributed by atoms with Crippen molar-refractivity contribution in [3.8, 4) is 0 Å². The highest BCUT2D eigenvalue weighted by Gasteiger charge is 2.45. The van der Waals surface area contributed by atoms with Crippen LogP contribution in [-0.4, -0.2) is 48.1 Å². The Morgan fingerprint density at radius 2 is 2.17 bits per heavy atom. The molecule has 2 fully saturated rings. The van der Waals surface area contributed by atoms with Gasteiger partial charge in [-0.1, -0.05) is 13.3 Å². The van der Waals surface area contributed by atoms with Crippen molar-refractivity contribution in [1.82, 2.24) is 10.2 Å². The van der Waals surface area contributed by atoms with Crippen LogP contribution in [0.4, 0.5) is 0 Å².